The first kappa shape index (κ1) is 21.9. The summed E-state index contributed by atoms with van der Waals surface area (Å²) in [5.74, 6) is -1.22. The Bertz CT molecular complexity index is 725. The molecule has 0 saturated heterocycles. The van der Waals surface area contributed by atoms with E-state index >= 15 is 0 Å². The van der Waals surface area contributed by atoms with E-state index in [0.717, 1.165) is 44.1 Å². The first-order valence-corrected chi connectivity index (χ1v) is 10.2. The van der Waals surface area contributed by atoms with Crippen molar-refractivity contribution in [1.82, 2.24) is 0 Å². The number of nitrogens with one attached hydrogen (secondary N) is 2. The van der Waals surface area contributed by atoms with Crippen LogP contribution in [0.3, 0.4) is 0 Å². The lowest BCUT2D eigenvalue weighted by Crippen LogP contribution is -2.42. The number of amides is 2. The van der Waals surface area contributed by atoms with Crippen molar-refractivity contribution in [1.29, 1.82) is 0 Å². The highest BCUT2D eigenvalue weighted by Gasteiger charge is 2.43. The molecule has 0 bridgehead atoms. The molecule has 0 radical (unpaired) electrons. The van der Waals surface area contributed by atoms with Crippen molar-refractivity contribution in [2.24, 2.45) is 11.3 Å². The van der Waals surface area contributed by atoms with Crippen molar-refractivity contribution in [3.8, 4) is 0 Å². The summed E-state index contributed by atoms with van der Waals surface area (Å²) in [5, 5.41) is 15.2. The van der Waals surface area contributed by atoms with E-state index in [1.807, 2.05) is 13.8 Å². The predicted molar refractivity (Wildman–Crippen MR) is 110 cm³/mol. The van der Waals surface area contributed by atoms with Gasteiger partial charge in [-0.25, -0.2) is 0 Å². The SMILES string of the molecule is CCCC(=O)Nc1cccc(NC(=O)C(C)(CC(=O)O)C2CCCCC2)c1C. The first-order chi connectivity index (χ1) is 13.3. The summed E-state index contributed by atoms with van der Waals surface area (Å²) in [4.78, 5) is 36.6. The summed E-state index contributed by atoms with van der Waals surface area (Å²) < 4.78 is 0. The van der Waals surface area contributed by atoms with Crippen LogP contribution in [-0.2, 0) is 14.4 Å². The van der Waals surface area contributed by atoms with Crippen LogP contribution in [0, 0.1) is 18.3 Å². The Morgan fingerprint density at radius 2 is 1.71 bits per heavy atom. The Labute approximate surface area is 167 Å². The third-order valence-electron chi connectivity index (χ3n) is 5.88. The second kappa shape index (κ2) is 9.71. The molecule has 2 rings (SSSR count). The monoisotopic (exact) mass is 388 g/mol. The third kappa shape index (κ3) is 5.33. The highest BCUT2D eigenvalue weighted by molar-refractivity contribution is 5.99. The number of rotatable bonds is 8. The third-order valence-corrected chi connectivity index (χ3v) is 5.88. The Kier molecular flexibility index (Phi) is 7.61. The van der Waals surface area contributed by atoms with Gasteiger partial charge in [0.05, 0.1) is 11.8 Å². The van der Waals surface area contributed by atoms with E-state index in [2.05, 4.69) is 10.6 Å². The van der Waals surface area contributed by atoms with Crippen LogP contribution >= 0.6 is 0 Å². The molecule has 28 heavy (non-hydrogen) atoms. The number of carbonyl (C=O) groups is 3. The molecule has 1 atom stereocenters. The summed E-state index contributed by atoms with van der Waals surface area (Å²) >= 11 is 0. The molecular weight excluding hydrogens is 356 g/mol. The number of carboxylic acid groups (broad SMARTS) is 1. The summed E-state index contributed by atoms with van der Waals surface area (Å²) in [6.07, 6.45) is 5.98. The van der Waals surface area contributed by atoms with E-state index < -0.39 is 11.4 Å². The molecule has 1 aromatic rings. The molecular formula is C22H32N2O4. The summed E-state index contributed by atoms with van der Waals surface area (Å²) in [5.41, 5.74) is 1.07. The number of carbonyl (C=O) groups excluding carboxylic acids is 2. The maximum Gasteiger partial charge on any atom is 0.304 e. The number of hydrogen-bond acceptors (Lipinski definition) is 3. The molecule has 3 N–H and O–H groups in total. The molecule has 1 aliphatic rings. The Balaban J connectivity index is 2.22. The van der Waals surface area contributed by atoms with Crippen molar-refractivity contribution in [2.75, 3.05) is 10.6 Å². The average Bonchev–Trinajstić information content (AvgIpc) is 2.65. The number of benzene rings is 1. The van der Waals surface area contributed by atoms with Crippen LogP contribution < -0.4 is 10.6 Å². The zero-order valence-corrected chi connectivity index (χ0v) is 17.1. The van der Waals surface area contributed by atoms with E-state index in [0.29, 0.717) is 17.8 Å². The smallest absolute Gasteiger partial charge is 0.304 e. The van der Waals surface area contributed by atoms with Crippen molar-refractivity contribution in [2.45, 2.75) is 72.1 Å². The normalized spacial score (nSPS) is 16.8. The molecule has 1 unspecified atom stereocenters. The second-order valence-corrected chi connectivity index (χ2v) is 8.05. The molecule has 1 fully saturated rings. The first-order valence-electron chi connectivity index (χ1n) is 10.2. The average molecular weight is 389 g/mol. The molecule has 0 aromatic heterocycles. The van der Waals surface area contributed by atoms with Crippen molar-refractivity contribution >= 4 is 29.2 Å². The lowest BCUT2D eigenvalue weighted by Gasteiger charge is -2.37. The van der Waals surface area contributed by atoms with Gasteiger partial charge in [0, 0.05) is 17.8 Å². The maximum atomic E-state index is 13.2. The Hall–Kier alpha value is -2.37. The van der Waals surface area contributed by atoms with Gasteiger partial charge in [0.15, 0.2) is 0 Å². The van der Waals surface area contributed by atoms with Crippen LogP contribution in [0.25, 0.3) is 0 Å². The molecule has 1 aromatic carbocycles. The predicted octanol–water partition coefficient (Wildman–Crippen LogP) is 4.73. The topological polar surface area (TPSA) is 95.5 Å². The van der Waals surface area contributed by atoms with E-state index in [-0.39, 0.29) is 24.2 Å². The Morgan fingerprint density at radius 3 is 2.29 bits per heavy atom. The van der Waals surface area contributed by atoms with Gasteiger partial charge in [0.2, 0.25) is 11.8 Å². The Morgan fingerprint density at radius 1 is 1.11 bits per heavy atom. The summed E-state index contributed by atoms with van der Waals surface area (Å²) in [6.45, 7) is 5.55. The largest absolute Gasteiger partial charge is 0.481 e. The van der Waals surface area contributed by atoms with Gasteiger partial charge < -0.3 is 15.7 Å². The van der Waals surface area contributed by atoms with Crippen molar-refractivity contribution in [3.63, 3.8) is 0 Å². The fraction of sp³-hybridized carbons (Fsp3) is 0.591. The fourth-order valence-electron chi connectivity index (χ4n) is 4.08. The van der Waals surface area contributed by atoms with Crippen LogP contribution in [0.5, 0.6) is 0 Å². The van der Waals surface area contributed by atoms with E-state index in [1.165, 1.54) is 0 Å². The van der Waals surface area contributed by atoms with Crippen LogP contribution in [0.15, 0.2) is 18.2 Å². The second-order valence-electron chi connectivity index (χ2n) is 8.05. The van der Waals surface area contributed by atoms with Gasteiger partial charge in [-0.1, -0.05) is 32.3 Å². The maximum absolute atomic E-state index is 13.2. The molecule has 0 heterocycles. The number of anilines is 2. The van der Waals surface area contributed by atoms with Gasteiger partial charge in [-0.05, 0) is 56.7 Å². The minimum Gasteiger partial charge on any atom is -0.481 e. The van der Waals surface area contributed by atoms with Gasteiger partial charge in [0.25, 0.3) is 0 Å². The molecule has 6 heteroatoms. The van der Waals surface area contributed by atoms with Crippen LogP contribution in [0.1, 0.15) is 70.8 Å². The lowest BCUT2D eigenvalue weighted by molar-refractivity contribution is -0.145. The molecule has 1 saturated carbocycles. The van der Waals surface area contributed by atoms with Gasteiger partial charge in [0.1, 0.15) is 0 Å². The van der Waals surface area contributed by atoms with Crippen LogP contribution in [0.2, 0.25) is 0 Å². The standard InChI is InChI=1S/C22H32N2O4/c1-4-9-19(25)23-17-12-8-13-18(15(17)2)24-21(28)22(3,14-20(26)27)16-10-6-5-7-11-16/h8,12-13,16H,4-7,9-11,14H2,1-3H3,(H,23,25)(H,24,28)(H,26,27). The zero-order chi connectivity index (χ0) is 20.7. The molecule has 0 aliphatic heterocycles. The van der Waals surface area contributed by atoms with Crippen LogP contribution in [0.4, 0.5) is 11.4 Å². The summed E-state index contributed by atoms with van der Waals surface area (Å²) in [7, 11) is 0. The zero-order valence-electron chi connectivity index (χ0n) is 17.1. The lowest BCUT2D eigenvalue weighted by atomic mass is 9.67. The van der Waals surface area contributed by atoms with Gasteiger partial charge in [-0.2, -0.15) is 0 Å². The van der Waals surface area contributed by atoms with E-state index in [9.17, 15) is 19.5 Å². The van der Waals surface area contributed by atoms with Gasteiger partial charge >= 0.3 is 5.97 Å². The molecule has 6 nitrogen and oxygen atoms in total. The summed E-state index contributed by atoms with van der Waals surface area (Å²) in [6, 6.07) is 5.36. The van der Waals surface area contributed by atoms with Gasteiger partial charge in [-0.15, -0.1) is 0 Å². The van der Waals surface area contributed by atoms with Gasteiger partial charge in [-0.3, -0.25) is 14.4 Å². The molecule has 2 amide bonds. The molecule has 0 spiro atoms. The highest BCUT2D eigenvalue weighted by Crippen LogP contribution is 2.42. The minimum absolute atomic E-state index is 0.0603. The van der Waals surface area contributed by atoms with E-state index in [1.54, 1.807) is 25.1 Å². The number of hydrogen-bond donors (Lipinski definition) is 3. The highest BCUT2D eigenvalue weighted by atomic mass is 16.4. The van der Waals surface area contributed by atoms with Crippen molar-refractivity contribution < 1.29 is 19.5 Å². The molecule has 1 aliphatic carbocycles. The van der Waals surface area contributed by atoms with E-state index in [4.69, 9.17) is 0 Å². The number of carboxylic acids is 1. The quantitative estimate of drug-likeness (QED) is 0.600. The molecule has 154 valence electrons. The van der Waals surface area contributed by atoms with Crippen LogP contribution in [-0.4, -0.2) is 22.9 Å². The fourth-order valence-corrected chi connectivity index (χ4v) is 4.08. The minimum atomic E-state index is -0.958. The number of aliphatic carboxylic acids is 1. The van der Waals surface area contributed by atoms with Crippen molar-refractivity contribution in [3.05, 3.63) is 23.8 Å².